The Morgan fingerprint density at radius 2 is 1.91 bits per heavy atom. The number of amides is 1. The van der Waals surface area contributed by atoms with Crippen LogP contribution in [0.15, 0.2) is 67.0 Å². The normalized spacial score (nSPS) is 18.1. The van der Waals surface area contributed by atoms with Crippen molar-refractivity contribution < 1.29 is 14.3 Å². The van der Waals surface area contributed by atoms with E-state index in [1.54, 1.807) is 12.3 Å². The van der Waals surface area contributed by atoms with E-state index in [2.05, 4.69) is 23.3 Å². The number of benzene rings is 2. The monoisotopic (exact) mass is 429 g/mol. The first-order valence-corrected chi connectivity index (χ1v) is 11.2. The van der Waals surface area contributed by atoms with E-state index in [1.807, 2.05) is 52.2 Å². The lowest BCUT2D eigenvalue weighted by Crippen LogP contribution is -2.28. The van der Waals surface area contributed by atoms with Gasteiger partial charge in [0.25, 0.3) is 0 Å². The van der Waals surface area contributed by atoms with Crippen LogP contribution in [-0.2, 0) is 11.3 Å². The van der Waals surface area contributed by atoms with Gasteiger partial charge < -0.3 is 14.4 Å². The molecule has 2 aromatic carbocycles. The Hall–Kier alpha value is -3.54. The highest BCUT2D eigenvalue weighted by molar-refractivity contribution is 5.92. The van der Waals surface area contributed by atoms with E-state index in [-0.39, 0.29) is 11.9 Å². The quantitative estimate of drug-likeness (QED) is 0.562. The highest BCUT2D eigenvalue weighted by Crippen LogP contribution is 2.38. The highest BCUT2D eigenvalue weighted by Gasteiger charge is 2.29. The van der Waals surface area contributed by atoms with Crippen molar-refractivity contribution in [1.29, 1.82) is 0 Å². The number of nitrogens with zero attached hydrogens (tertiary/aromatic N) is 3. The van der Waals surface area contributed by atoms with E-state index in [0.717, 1.165) is 48.4 Å². The first kappa shape index (κ1) is 20.4. The van der Waals surface area contributed by atoms with E-state index in [4.69, 9.17) is 9.47 Å². The second-order valence-corrected chi connectivity index (χ2v) is 8.24. The second-order valence-electron chi connectivity index (χ2n) is 8.24. The molecule has 1 saturated heterocycles. The molecule has 164 valence electrons. The number of hydrogen-bond donors (Lipinski definition) is 0. The van der Waals surface area contributed by atoms with Gasteiger partial charge in [-0.2, -0.15) is 5.10 Å². The van der Waals surface area contributed by atoms with Crippen LogP contribution in [0.25, 0.3) is 6.08 Å². The maximum absolute atomic E-state index is 13.0. The van der Waals surface area contributed by atoms with Crippen LogP contribution >= 0.6 is 0 Å². The molecule has 1 atom stereocenters. The summed E-state index contributed by atoms with van der Waals surface area (Å²) < 4.78 is 13.5. The van der Waals surface area contributed by atoms with Crippen LogP contribution in [0, 0.1) is 0 Å². The number of carbonyl (C=O) groups is 1. The zero-order chi connectivity index (χ0) is 21.8. The molecule has 1 amide bonds. The maximum atomic E-state index is 13.0. The molecular formula is C26H27N3O3. The smallest absolute Gasteiger partial charge is 0.247 e. The first-order valence-electron chi connectivity index (χ1n) is 11.2. The second kappa shape index (κ2) is 9.30. The minimum Gasteiger partial charge on any atom is -0.490 e. The lowest BCUT2D eigenvalue weighted by atomic mass is 10.0. The molecular weight excluding hydrogens is 402 g/mol. The van der Waals surface area contributed by atoms with Gasteiger partial charge in [0.15, 0.2) is 11.5 Å². The summed E-state index contributed by atoms with van der Waals surface area (Å²) in [4.78, 5) is 14.9. The van der Waals surface area contributed by atoms with Gasteiger partial charge >= 0.3 is 0 Å². The Balaban J connectivity index is 1.26. The maximum Gasteiger partial charge on any atom is 0.247 e. The summed E-state index contributed by atoms with van der Waals surface area (Å²) >= 11 is 0. The van der Waals surface area contributed by atoms with Crippen molar-refractivity contribution in [1.82, 2.24) is 14.7 Å². The Morgan fingerprint density at radius 1 is 1.06 bits per heavy atom. The van der Waals surface area contributed by atoms with Gasteiger partial charge in [-0.05, 0) is 42.2 Å². The number of fused-ring (bicyclic) bond motifs is 1. The van der Waals surface area contributed by atoms with E-state index in [0.29, 0.717) is 19.8 Å². The molecule has 0 radical (unpaired) electrons. The van der Waals surface area contributed by atoms with Crippen LogP contribution in [0.1, 0.15) is 42.0 Å². The summed E-state index contributed by atoms with van der Waals surface area (Å²) in [5.74, 6) is 1.59. The molecule has 1 fully saturated rings. The van der Waals surface area contributed by atoms with Crippen molar-refractivity contribution in [3.05, 3.63) is 83.7 Å². The fourth-order valence-electron chi connectivity index (χ4n) is 4.35. The average molecular weight is 430 g/mol. The summed E-state index contributed by atoms with van der Waals surface area (Å²) in [6.45, 7) is 2.80. The lowest BCUT2D eigenvalue weighted by Gasteiger charge is -2.24. The Bertz CT molecular complexity index is 1110. The molecule has 3 heterocycles. The van der Waals surface area contributed by atoms with Crippen molar-refractivity contribution >= 4 is 12.0 Å². The van der Waals surface area contributed by atoms with Crippen LogP contribution in [0.4, 0.5) is 0 Å². The minimum atomic E-state index is 0.0235. The molecule has 0 bridgehead atoms. The van der Waals surface area contributed by atoms with Crippen LogP contribution in [0.2, 0.25) is 0 Å². The molecule has 32 heavy (non-hydrogen) atoms. The minimum absolute atomic E-state index is 0.0235. The van der Waals surface area contributed by atoms with Crippen molar-refractivity contribution in [2.45, 2.75) is 31.8 Å². The number of aromatic nitrogens is 2. The third-order valence-corrected chi connectivity index (χ3v) is 5.95. The standard InChI is InChI=1S/C26H27N3O3/c30-26(12-9-21-17-27-28(19-21)18-20-6-2-1-3-7-20)29-13-4-8-23(29)22-10-11-24-25(16-22)32-15-5-14-31-24/h1-3,6-7,9-12,16-17,19,23H,4-5,8,13-15,18H2/b12-9+. The molecule has 0 N–H and O–H groups in total. The predicted octanol–water partition coefficient (Wildman–Crippen LogP) is 4.47. The van der Waals surface area contributed by atoms with Gasteiger partial charge in [-0.1, -0.05) is 36.4 Å². The molecule has 0 saturated carbocycles. The van der Waals surface area contributed by atoms with Crippen molar-refractivity contribution in [2.24, 2.45) is 0 Å². The fourth-order valence-corrected chi connectivity index (χ4v) is 4.35. The average Bonchev–Trinajstić information content (AvgIpc) is 3.42. The third-order valence-electron chi connectivity index (χ3n) is 5.95. The molecule has 6 nitrogen and oxygen atoms in total. The van der Waals surface area contributed by atoms with Gasteiger partial charge in [-0.25, -0.2) is 0 Å². The van der Waals surface area contributed by atoms with E-state index < -0.39 is 0 Å². The van der Waals surface area contributed by atoms with Crippen molar-refractivity contribution in [3.8, 4) is 11.5 Å². The number of hydrogen-bond acceptors (Lipinski definition) is 4. The largest absolute Gasteiger partial charge is 0.490 e. The molecule has 3 aromatic rings. The summed E-state index contributed by atoms with van der Waals surface area (Å²) in [6, 6.07) is 16.3. The number of carbonyl (C=O) groups excluding carboxylic acids is 1. The van der Waals surface area contributed by atoms with Gasteiger partial charge in [-0.15, -0.1) is 0 Å². The zero-order valence-electron chi connectivity index (χ0n) is 18.0. The van der Waals surface area contributed by atoms with Gasteiger partial charge in [0.2, 0.25) is 5.91 Å². The van der Waals surface area contributed by atoms with E-state index in [1.165, 1.54) is 5.56 Å². The Labute approximate surface area is 188 Å². The molecule has 0 spiro atoms. The molecule has 1 aromatic heterocycles. The molecule has 2 aliphatic heterocycles. The Morgan fingerprint density at radius 3 is 2.78 bits per heavy atom. The van der Waals surface area contributed by atoms with Crippen LogP contribution in [-0.4, -0.2) is 40.3 Å². The van der Waals surface area contributed by atoms with Crippen LogP contribution in [0.3, 0.4) is 0 Å². The van der Waals surface area contributed by atoms with Gasteiger partial charge in [0, 0.05) is 30.8 Å². The number of rotatable bonds is 5. The van der Waals surface area contributed by atoms with E-state index in [9.17, 15) is 4.79 Å². The number of likely N-dealkylation sites (tertiary alicyclic amines) is 1. The molecule has 1 unspecified atom stereocenters. The molecule has 6 heteroatoms. The van der Waals surface area contributed by atoms with Gasteiger partial charge in [0.05, 0.1) is 32.0 Å². The van der Waals surface area contributed by atoms with E-state index >= 15 is 0 Å². The predicted molar refractivity (Wildman–Crippen MR) is 123 cm³/mol. The van der Waals surface area contributed by atoms with Crippen LogP contribution < -0.4 is 9.47 Å². The highest BCUT2D eigenvalue weighted by atomic mass is 16.5. The fraction of sp³-hybridized carbons (Fsp3) is 0.308. The van der Waals surface area contributed by atoms with Crippen molar-refractivity contribution in [2.75, 3.05) is 19.8 Å². The Kier molecular flexibility index (Phi) is 5.92. The summed E-state index contributed by atoms with van der Waals surface area (Å²) in [5.41, 5.74) is 3.21. The molecule has 2 aliphatic rings. The number of ether oxygens (including phenoxy) is 2. The zero-order valence-corrected chi connectivity index (χ0v) is 18.0. The topological polar surface area (TPSA) is 56.6 Å². The first-order chi connectivity index (χ1) is 15.8. The van der Waals surface area contributed by atoms with Gasteiger partial charge in [0.1, 0.15) is 0 Å². The third kappa shape index (κ3) is 4.54. The molecule has 5 rings (SSSR count). The SMILES string of the molecule is O=C(/C=C/c1cnn(Cc2ccccc2)c1)N1CCCC1c1ccc2c(c1)OCCCO2. The lowest BCUT2D eigenvalue weighted by molar-refractivity contribution is -0.126. The van der Waals surface area contributed by atoms with Crippen molar-refractivity contribution in [3.63, 3.8) is 0 Å². The summed E-state index contributed by atoms with van der Waals surface area (Å²) in [6.07, 6.45) is 10.1. The van der Waals surface area contributed by atoms with Gasteiger partial charge in [-0.3, -0.25) is 9.48 Å². The molecule has 0 aliphatic carbocycles. The summed E-state index contributed by atoms with van der Waals surface area (Å²) in [7, 11) is 0. The van der Waals surface area contributed by atoms with Crippen LogP contribution in [0.5, 0.6) is 11.5 Å². The summed E-state index contributed by atoms with van der Waals surface area (Å²) in [5, 5.41) is 4.41.